The predicted octanol–water partition coefficient (Wildman–Crippen LogP) is 4.09. The Morgan fingerprint density at radius 3 is 2.53 bits per heavy atom. The standard InChI is InChI=1S/C10H10BrClFNO/c1-5(2)6-3-7(11)9(8(13)4-6)10(12)14-15/h3-5,15H,1-2H3. The van der Waals surface area contributed by atoms with Gasteiger partial charge in [-0.2, -0.15) is 0 Å². The Morgan fingerprint density at radius 1 is 1.53 bits per heavy atom. The molecule has 1 aromatic rings. The zero-order valence-electron chi connectivity index (χ0n) is 8.26. The summed E-state index contributed by atoms with van der Waals surface area (Å²) in [7, 11) is 0. The fourth-order valence-electron chi connectivity index (χ4n) is 1.17. The van der Waals surface area contributed by atoms with Crippen molar-refractivity contribution in [3.8, 4) is 0 Å². The van der Waals surface area contributed by atoms with Crippen LogP contribution < -0.4 is 0 Å². The summed E-state index contributed by atoms with van der Waals surface area (Å²) in [4.78, 5) is 0. The monoisotopic (exact) mass is 293 g/mol. The molecule has 0 saturated heterocycles. The zero-order chi connectivity index (χ0) is 11.6. The maximum atomic E-state index is 13.6. The van der Waals surface area contributed by atoms with Gasteiger partial charge in [-0.1, -0.05) is 30.6 Å². The van der Waals surface area contributed by atoms with Crippen molar-refractivity contribution in [3.63, 3.8) is 0 Å². The lowest BCUT2D eigenvalue weighted by Gasteiger charge is -2.09. The maximum absolute atomic E-state index is 13.6. The predicted molar refractivity (Wildman–Crippen MR) is 62.4 cm³/mol. The van der Waals surface area contributed by atoms with Gasteiger partial charge in [-0.05, 0) is 39.5 Å². The van der Waals surface area contributed by atoms with E-state index in [0.717, 1.165) is 5.56 Å². The third-order valence-corrected chi connectivity index (χ3v) is 2.92. The molecule has 0 heterocycles. The van der Waals surface area contributed by atoms with Crippen molar-refractivity contribution in [2.75, 3.05) is 0 Å². The lowest BCUT2D eigenvalue weighted by molar-refractivity contribution is 0.320. The van der Waals surface area contributed by atoms with Gasteiger partial charge in [0.2, 0.25) is 0 Å². The molecule has 0 amide bonds. The molecule has 0 fully saturated rings. The quantitative estimate of drug-likeness (QED) is 0.497. The first kappa shape index (κ1) is 12.5. The number of benzene rings is 1. The van der Waals surface area contributed by atoms with Crippen molar-refractivity contribution in [1.29, 1.82) is 0 Å². The Kier molecular flexibility index (Phi) is 4.11. The Labute approximate surface area is 101 Å². The highest BCUT2D eigenvalue weighted by atomic mass is 79.9. The van der Waals surface area contributed by atoms with Gasteiger partial charge in [-0.25, -0.2) is 4.39 Å². The topological polar surface area (TPSA) is 32.6 Å². The SMILES string of the molecule is CC(C)c1cc(F)c(C(Cl)=NO)c(Br)c1. The van der Waals surface area contributed by atoms with Crippen LogP contribution in [0.25, 0.3) is 0 Å². The van der Waals surface area contributed by atoms with E-state index in [1.54, 1.807) is 6.07 Å². The number of oxime groups is 1. The minimum atomic E-state index is -0.504. The summed E-state index contributed by atoms with van der Waals surface area (Å²) in [6.07, 6.45) is 0. The van der Waals surface area contributed by atoms with Crippen molar-refractivity contribution in [3.05, 3.63) is 33.5 Å². The molecule has 0 unspecified atom stereocenters. The number of hydrogen-bond acceptors (Lipinski definition) is 2. The Hall–Kier alpha value is -0.610. The van der Waals surface area contributed by atoms with E-state index in [2.05, 4.69) is 21.1 Å². The van der Waals surface area contributed by atoms with Gasteiger partial charge in [0, 0.05) is 4.47 Å². The molecule has 0 bridgehead atoms. The number of nitrogens with zero attached hydrogens (tertiary/aromatic N) is 1. The molecule has 0 aliphatic carbocycles. The van der Waals surface area contributed by atoms with Crippen molar-refractivity contribution in [2.45, 2.75) is 19.8 Å². The normalized spacial score (nSPS) is 12.3. The van der Waals surface area contributed by atoms with E-state index in [9.17, 15) is 4.39 Å². The van der Waals surface area contributed by atoms with Crippen LogP contribution in [0.4, 0.5) is 4.39 Å². The first-order valence-corrected chi connectivity index (χ1v) is 5.51. The summed E-state index contributed by atoms with van der Waals surface area (Å²) in [5, 5.41) is 11.0. The van der Waals surface area contributed by atoms with Crippen molar-refractivity contribution >= 4 is 32.7 Å². The molecule has 0 aliphatic rings. The molecule has 0 radical (unpaired) electrons. The number of halogens is 3. The fraction of sp³-hybridized carbons (Fsp3) is 0.300. The van der Waals surface area contributed by atoms with E-state index in [1.165, 1.54) is 6.07 Å². The van der Waals surface area contributed by atoms with E-state index in [-0.39, 0.29) is 16.7 Å². The van der Waals surface area contributed by atoms with E-state index >= 15 is 0 Å². The third kappa shape index (κ3) is 2.69. The summed E-state index contributed by atoms with van der Waals surface area (Å²) in [6, 6.07) is 3.15. The molecule has 15 heavy (non-hydrogen) atoms. The molecular weight excluding hydrogens is 284 g/mol. The van der Waals surface area contributed by atoms with Crippen molar-refractivity contribution in [1.82, 2.24) is 0 Å². The molecule has 0 atom stereocenters. The second kappa shape index (κ2) is 4.94. The molecule has 1 aromatic carbocycles. The summed E-state index contributed by atoms with van der Waals surface area (Å²) < 4.78 is 14.1. The average molecular weight is 295 g/mol. The van der Waals surface area contributed by atoms with Crippen LogP contribution in [0.1, 0.15) is 30.9 Å². The fourth-order valence-corrected chi connectivity index (χ4v) is 2.12. The van der Waals surface area contributed by atoms with Crippen molar-refractivity contribution in [2.24, 2.45) is 5.16 Å². The summed E-state index contributed by atoms with van der Waals surface area (Å²) >= 11 is 8.75. The molecule has 1 rings (SSSR count). The van der Waals surface area contributed by atoms with Crippen LogP contribution in [0.15, 0.2) is 21.8 Å². The average Bonchev–Trinajstić information content (AvgIpc) is 2.16. The smallest absolute Gasteiger partial charge is 0.179 e. The minimum Gasteiger partial charge on any atom is -0.410 e. The van der Waals surface area contributed by atoms with E-state index in [1.807, 2.05) is 13.8 Å². The van der Waals surface area contributed by atoms with Crippen LogP contribution in [-0.4, -0.2) is 10.4 Å². The second-order valence-electron chi connectivity index (χ2n) is 3.41. The summed E-state index contributed by atoms with van der Waals surface area (Å²) in [5.74, 6) is -0.287. The zero-order valence-corrected chi connectivity index (χ0v) is 10.6. The van der Waals surface area contributed by atoms with Gasteiger partial charge < -0.3 is 5.21 Å². The van der Waals surface area contributed by atoms with Gasteiger partial charge in [0.15, 0.2) is 5.17 Å². The highest BCUT2D eigenvalue weighted by Crippen LogP contribution is 2.27. The van der Waals surface area contributed by atoms with Gasteiger partial charge in [-0.3, -0.25) is 0 Å². The van der Waals surface area contributed by atoms with E-state index in [0.29, 0.717) is 4.47 Å². The van der Waals surface area contributed by atoms with Gasteiger partial charge in [0.25, 0.3) is 0 Å². The summed E-state index contributed by atoms with van der Waals surface area (Å²) in [6.45, 7) is 3.92. The van der Waals surface area contributed by atoms with Crippen LogP contribution in [0, 0.1) is 5.82 Å². The van der Waals surface area contributed by atoms with Gasteiger partial charge >= 0.3 is 0 Å². The molecule has 0 aromatic heterocycles. The molecule has 82 valence electrons. The molecule has 0 aliphatic heterocycles. The van der Waals surface area contributed by atoms with Crippen LogP contribution in [0.2, 0.25) is 0 Å². The van der Waals surface area contributed by atoms with Crippen LogP contribution >= 0.6 is 27.5 Å². The second-order valence-corrected chi connectivity index (χ2v) is 4.62. The Balaban J connectivity index is 3.34. The Bertz CT molecular complexity index is 383. The first-order chi connectivity index (χ1) is 6.97. The lowest BCUT2D eigenvalue weighted by atomic mass is 10.0. The maximum Gasteiger partial charge on any atom is 0.179 e. The van der Waals surface area contributed by atoms with Gasteiger partial charge in [0.1, 0.15) is 5.82 Å². The van der Waals surface area contributed by atoms with E-state index < -0.39 is 5.82 Å². The van der Waals surface area contributed by atoms with Gasteiger partial charge in [-0.15, -0.1) is 0 Å². The van der Waals surface area contributed by atoms with E-state index in [4.69, 9.17) is 16.8 Å². The molecule has 2 nitrogen and oxygen atoms in total. The highest BCUT2D eigenvalue weighted by Gasteiger charge is 2.15. The van der Waals surface area contributed by atoms with Crippen LogP contribution in [0.5, 0.6) is 0 Å². The molecule has 5 heteroatoms. The first-order valence-electron chi connectivity index (χ1n) is 4.34. The highest BCUT2D eigenvalue weighted by molar-refractivity contribution is 9.10. The van der Waals surface area contributed by atoms with Crippen LogP contribution in [0.3, 0.4) is 0 Å². The lowest BCUT2D eigenvalue weighted by Crippen LogP contribution is -2.00. The third-order valence-electron chi connectivity index (χ3n) is 2.03. The minimum absolute atomic E-state index is 0.0727. The number of hydrogen-bond donors (Lipinski definition) is 1. The molecule has 0 spiro atoms. The Morgan fingerprint density at radius 2 is 2.13 bits per heavy atom. The summed E-state index contributed by atoms with van der Waals surface area (Å²) in [5.41, 5.74) is 0.925. The largest absolute Gasteiger partial charge is 0.410 e. The molecular formula is C10H10BrClFNO. The van der Waals surface area contributed by atoms with Crippen LogP contribution in [-0.2, 0) is 0 Å². The van der Waals surface area contributed by atoms with Crippen molar-refractivity contribution < 1.29 is 9.60 Å². The molecule has 1 N–H and O–H groups in total. The van der Waals surface area contributed by atoms with Gasteiger partial charge in [0.05, 0.1) is 5.56 Å². The molecule has 0 saturated carbocycles. The number of rotatable bonds is 2.